The maximum absolute atomic E-state index is 12.7. The molecule has 0 aliphatic carbocycles. The molecule has 0 saturated heterocycles. The van der Waals surface area contributed by atoms with Crippen LogP contribution in [-0.2, 0) is 0 Å². The fraction of sp³-hybridized carbons (Fsp3) is 0.393. The molecule has 2 aromatic rings. The number of dihydropyridines is 1. The Morgan fingerprint density at radius 3 is 2.53 bits per heavy atom. The summed E-state index contributed by atoms with van der Waals surface area (Å²) in [5.41, 5.74) is 5.81. The van der Waals surface area contributed by atoms with Crippen molar-refractivity contribution >= 4 is 17.8 Å². The summed E-state index contributed by atoms with van der Waals surface area (Å²) in [4.78, 5) is 17.2. The zero-order valence-electron chi connectivity index (χ0n) is 20.4. The topological polar surface area (TPSA) is 94.3 Å². The molecule has 2 aromatic carbocycles. The van der Waals surface area contributed by atoms with Gasteiger partial charge in [0.2, 0.25) is 0 Å². The van der Waals surface area contributed by atoms with Gasteiger partial charge >= 0.3 is 0 Å². The van der Waals surface area contributed by atoms with Crippen LogP contribution in [0.4, 0.5) is 0 Å². The van der Waals surface area contributed by atoms with Crippen molar-refractivity contribution < 1.29 is 15.1 Å². The fourth-order valence-electron chi connectivity index (χ4n) is 4.45. The minimum Gasteiger partial charge on any atom is -0.411 e. The van der Waals surface area contributed by atoms with Gasteiger partial charge in [-0.05, 0) is 66.6 Å². The number of nitrogens with zero attached hydrogens (tertiary/aromatic N) is 2. The van der Waals surface area contributed by atoms with E-state index in [-0.39, 0.29) is 36.3 Å². The molecule has 6 heteroatoms. The number of carbonyl (C=O) groups is 1. The maximum atomic E-state index is 12.7. The first-order valence-electron chi connectivity index (χ1n) is 11.8. The number of aliphatic hydroxyl groups excluding tert-OH is 1. The molecule has 0 spiro atoms. The van der Waals surface area contributed by atoms with Gasteiger partial charge in [-0.15, -0.1) is 0 Å². The number of oxime groups is 1. The molecule has 0 bridgehead atoms. The van der Waals surface area contributed by atoms with E-state index in [4.69, 9.17) is 0 Å². The van der Waals surface area contributed by atoms with Crippen molar-refractivity contribution in [1.82, 2.24) is 5.32 Å². The van der Waals surface area contributed by atoms with Crippen LogP contribution < -0.4 is 5.32 Å². The van der Waals surface area contributed by atoms with E-state index in [0.29, 0.717) is 24.2 Å². The fourth-order valence-corrected chi connectivity index (χ4v) is 4.45. The normalized spacial score (nSPS) is 17.6. The zero-order chi connectivity index (χ0) is 24.7. The highest BCUT2D eigenvalue weighted by molar-refractivity contribution is 5.94. The Labute approximate surface area is 202 Å². The third-order valence-corrected chi connectivity index (χ3v) is 6.51. The van der Waals surface area contributed by atoms with Gasteiger partial charge in [-0.3, -0.25) is 9.79 Å². The molecule has 1 amide bonds. The van der Waals surface area contributed by atoms with Crippen molar-refractivity contribution in [2.45, 2.75) is 52.0 Å². The first kappa shape index (κ1) is 25.4. The summed E-state index contributed by atoms with van der Waals surface area (Å²) in [5.74, 6) is 0.0800. The molecule has 3 rings (SSSR count). The standard InChI is InChI=1S/C28H35N3O3/c1-18(2)26(17-32)30-28(33)22-12-10-21(11-13-22)25(15-20(4)31-34)27-19(3)7-5-9-24(27)23-8-6-14-29-16-23/h5-14,18,23,25-26,32,34H,15-17H2,1-4H3,(H,30,33)/b31-20+/t23?,25?,26-/m0/s1. The van der Waals surface area contributed by atoms with E-state index < -0.39 is 0 Å². The van der Waals surface area contributed by atoms with Crippen LogP contribution in [0.25, 0.3) is 0 Å². The van der Waals surface area contributed by atoms with Crippen molar-refractivity contribution in [3.63, 3.8) is 0 Å². The van der Waals surface area contributed by atoms with Crippen LogP contribution in [0.5, 0.6) is 0 Å². The van der Waals surface area contributed by atoms with Crippen LogP contribution in [0, 0.1) is 12.8 Å². The van der Waals surface area contributed by atoms with E-state index in [9.17, 15) is 15.1 Å². The Kier molecular flexibility index (Phi) is 8.77. The molecule has 0 aromatic heterocycles. The summed E-state index contributed by atoms with van der Waals surface area (Å²) in [7, 11) is 0. The third kappa shape index (κ3) is 6.00. The number of aliphatic imine (C=N–C) groups is 1. The Balaban J connectivity index is 1.98. The van der Waals surface area contributed by atoms with Crippen LogP contribution in [0.15, 0.2) is 64.8 Å². The Bertz CT molecular complexity index is 1070. The number of hydrogen-bond acceptors (Lipinski definition) is 5. The van der Waals surface area contributed by atoms with Crippen molar-refractivity contribution in [3.05, 3.63) is 82.4 Å². The predicted molar refractivity (Wildman–Crippen MR) is 137 cm³/mol. The number of hydrogen-bond donors (Lipinski definition) is 3. The SMILES string of the molecule is C/C(CC(c1ccc(C(=O)N[C@@H](CO)C(C)C)cc1)c1c(C)cccc1C1C=CC=NC1)=N\O. The summed E-state index contributed by atoms with van der Waals surface area (Å²) >= 11 is 0. The van der Waals surface area contributed by atoms with E-state index in [0.717, 1.165) is 5.56 Å². The van der Waals surface area contributed by atoms with Crippen LogP contribution in [0.1, 0.15) is 71.6 Å². The van der Waals surface area contributed by atoms with E-state index in [1.54, 1.807) is 0 Å². The molecule has 3 atom stereocenters. The number of nitrogens with one attached hydrogen (secondary N) is 1. The molecule has 0 saturated carbocycles. The van der Waals surface area contributed by atoms with Gasteiger partial charge in [0.25, 0.3) is 5.91 Å². The quantitative estimate of drug-likeness (QED) is 0.283. The summed E-state index contributed by atoms with van der Waals surface area (Å²) < 4.78 is 0. The maximum Gasteiger partial charge on any atom is 0.251 e. The molecule has 0 fully saturated rings. The minimum absolute atomic E-state index is 0.0376. The molecule has 34 heavy (non-hydrogen) atoms. The number of carbonyl (C=O) groups excluding carboxylic acids is 1. The van der Waals surface area contributed by atoms with Gasteiger partial charge in [-0.1, -0.05) is 55.4 Å². The Morgan fingerprint density at radius 2 is 1.94 bits per heavy atom. The molecular formula is C28H35N3O3. The average Bonchev–Trinajstić information content (AvgIpc) is 2.86. The number of aryl methyl sites for hydroxylation is 1. The highest BCUT2D eigenvalue weighted by atomic mass is 16.4. The first-order valence-corrected chi connectivity index (χ1v) is 11.8. The Hall–Kier alpha value is -3.25. The number of amides is 1. The molecule has 1 aliphatic heterocycles. The first-order chi connectivity index (χ1) is 16.3. The lowest BCUT2D eigenvalue weighted by molar-refractivity contribution is 0.0897. The monoisotopic (exact) mass is 461 g/mol. The summed E-state index contributed by atoms with van der Waals surface area (Å²) in [6.45, 7) is 8.46. The van der Waals surface area contributed by atoms with Crippen molar-refractivity contribution in [1.29, 1.82) is 0 Å². The number of benzene rings is 2. The third-order valence-electron chi connectivity index (χ3n) is 6.51. The van der Waals surface area contributed by atoms with Crippen LogP contribution >= 0.6 is 0 Å². The number of aliphatic hydroxyl groups is 1. The molecule has 1 heterocycles. The van der Waals surface area contributed by atoms with Crippen LogP contribution in [0.2, 0.25) is 0 Å². The minimum atomic E-state index is -0.288. The smallest absolute Gasteiger partial charge is 0.251 e. The molecule has 180 valence electrons. The van der Waals surface area contributed by atoms with Crippen molar-refractivity contribution in [2.24, 2.45) is 16.1 Å². The number of rotatable bonds is 9. The molecule has 3 N–H and O–H groups in total. The summed E-state index contributed by atoms with van der Waals surface area (Å²) in [6.07, 6.45) is 6.55. The van der Waals surface area contributed by atoms with Crippen LogP contribution in [0.3, 0.4) is 0 Å². The summed E-state index contributed by atoms with van der Waals surface area (Å²) in [5, 5.41) is 25.3. The molecule has 2 unspecified atom stereocenters. The van der Waals surface area contributed by atoms with Crippen LogP contribution in [-0.4, -0.2) is 47.3 Å². The summed E-state index contributed by atoms with van der Waals surface area (Å²) in [6, 6.07) is 13.6. The van der Waals surface area contributed by atoms with Gasteiger partial charge in [0.15, 0.2) is 0 Å². The van der Waals surface area contributed by atoms with Crippen molar-refractivity contribution in [3.8, 4) is 0 Å². The second-order valence-corrected chi connectivity index (χ2v) is 9.30. The van der Waals surface area contributed by atoms with E-state index in [1.807, 2.05) is 57.3 Å². The van der Waals surface area contributed by atoms with Gasteiger partial charge < -0.3 is 15.6 Å². The van der Waals surface area contributed by atoms with E-state index >= 15 is 0 Å². The lowest BCUT2D eigenvalue weighted by atomic mass is 9.78. The molecule has 1 aliphatic rings. The zero-order valence-corrected chi connectivity index (χ0v) is 20.4. The van der Waals surface area contributed by atoms with E-state index in [2.05, 4.69) is 46.7 Å². The largest absolute Gasteiger partial charge is 0.411 e. The lowest BCUT2D eigenvalue weighted by Gasteiger charge is -2.26. The molecule has 0 radical (unpaired) electrons. The lowest BCUT2D eigenvalue weighted by Crippen LogP contribution is -2.41. The molecular weight excluding hydrogens is 426 g/mol. The second kappa shape index (κ2) is 11.7. The Morgan fingerprint density at radius 1 is 1.21 bits per heavy atom. The van der Waals surface area contributed by atoms with E-state index in [1.165, 1.54) is 16.7 Å². The van der Waals surface area contributed by atoms with Gasteiger partial charge in [-0.2, -0.15) is 0 Å². The molecule has 6 nitrogen and oxygen atoms in total. The average molecular weight is 462 g/mol. The van der Waals surface area contributed by atoms with Gasteiger partial charge in [0, 0.05) is 30.2 Å². The van der Waals surface area contributed by atoms with Crippen molar-refractivity contribution in [2.75, 3.05) is 13.2 Å². The second-order valence-electron chi connectivity index (χ2n) is 9.30. The highest BCUT2D eigenvalue weighted by Crippen LogP contribution is 2.37. The number of allylic oxidation sites excluding steroid dienone is 1. The predicted octanol–water partition coefficient (Wildman–Crippen LogP) is 4.84. The van der Waals surface area contributed by atoms with Gasteiger partial charge in [-0.25, -0.2) is 0 Å². The van der Waals surface area contributed by atoms with Gasteiger partial charge in [0.05, 0.1) is 18.4 Å². The highest BCUT2D eigenvalue weighted by Gasteiger charge is 2.25. The van der Waals surface area contributed by atoms with Gasteiger partial charge in [0.1, 0.15) is 0 Å².